The van der Waals surface area contributed by atoms with Gasteiger partial charge in [0.25, 0.3) is 0 Å². The van der Waals surface area contributed by atoms with E-state index in [4.69, 9.17) is 0 Å². The lowest BCUT2D eigenvalue weighted by atomic mass is 10.1. The number of rotatable bonds is 0. The summed E-state index contributed by atoms with van der Waals surface area (Å²) in [6.07, 6.45) is 0. The Kier molecular flexibility index (Phi) is 2.02. The zero-order valence-electron chi connectivity index (χ0n) is 7.60. The van der Waals surface area contributed by atoms with Gasteiger partial charge in [0.05, 0.1) is 0 Å². The summed E-state index contributed by atoms with van der Waals surface area (Å²) in [5.41, 5.74) is 1.94. The van der Waals surface area contributed by atoms with Gasteiger partial charge >= 0.3 is 21.2 Å². The molecular formula is C12H6F2I+. The SMILES string of the molecule is Fc1cc2c(cc1F)-c1ccccc1[I+]2. The highest BCUT2D eigenvalue weighted by Crippen LogP contribution is 2.24. The van der Waals surface area contributed by atoms with Crippen molar-refractivity contribution < 1.29 is 30.0 Å². The molecule has 0 saturated heterocycles. The summed E-state index contributed by atoms with van der Waals surface area (Å²) in [4.78, 5) is 0. The average Bonchev–Trinajstić information content (AvgIpc) is 2.57. The quantitative estimate of drug-likeness (QED) is 0.407. The van der Waals surface area contributed by atoms with Gasteiger partial charge in [-0.1, -0.05) is 12.1 Å². The van der Waals surface area contributed by atoms with E-state index in [0.717, 1.165) is 14.7 Å². The largest absolute Gasteiger partial charge is 0.359 e. The van der Waals surface area contributed by atoms with E-state index in [-0.39, 0.29) is 21.2 Å². The highest BCUT2D eigenvalue weighted by atomic mass is 127. The molecule has 0 atom stereocenters. The minimum absolute atomic E-state index is 0.333. The Labute approximate surface area is 96.2 Å². The van der Waals surface area contributed by atoms with Crippen LogP contribution in [0, 0.1) is 18.8 Å². The number of fused-ring (bicyclic) bond motifs is 3. The number of hydrogen-bond acceptors (Lipinski definition) is 0. The first kappa shape index (κ1) is 9.27. The van der Waals surface area contributed by atoms with Gasteiger partial charge < -0.3 is 0 Å². The molecule has 0 amide bonds. The molecule has 0 bridgehead atoms. The van der Waals surface area contributed by atoms with E-state index in [9.17, 15) is 8.78 Å². The van der Waals surface area contributed by atoms with Crippen LogP contribution in [-0.4, -0.2) is 0 Å². The van der Waals surface area contributed by atoms with Crippen molar-refractivity contribution in [1.82, 2.24) is 0 Å². The summed E-state index contributed by atoms with van der Waals surface area (Å²) in [6, 6.07) is 10.6. The third-order valence-corrected chi connectivity index (χ3v) is 5.37. The maximum atomic E-state index is 13.1. The molecular weight excluding hydrogens is 309 g/mol. The van der Waals surface area contributed by atoms with E-state index >= 15 is 0 Å². The molecule has 3 heteroatoms. The van der Waals surface area contributed by atoms with Crippen molar-refractivity contribution in [3.8, 4) is 11.1 Å². The molecule has 0 unspecified atom stereocenters. The predicted octanol–water partition coefficient (Wildman–Crippen LogP) is 0.0736. The van der Waals surface area contributed by atoms with Crippen molar-refractivity contribution in [2.45, 2.75) is 0 Å². The molecule has 1 aliphatic rings. The molecule has 0 saturated carbocycles. The van der Waals surface area contributed by atoms with Crippen LogP contribution >= 0.6 is 0 Å². The summed E-state index contributed by atoms with van der Waals surface area (Å²) in [7, 11) is 0. The van der Waals surface area contributed by atoms with Crippen LogP contribution < -0.4 is 21.2 Å². The van der Waals surface area contributed by atoms with Crippen molar-refractivity contribution in [1.29, 1.82) is 0 Å². The highest BCUT2D eigenvalue weighted by Gasteiger charge is 2.34. The first-order valence-electron chi connectivity index (χ1n) is 4.49. The zero-order valence-corrected chi connectivity index (χ0v) is 9.76. The van der Waals surface area contributed by atoms with Gasteiger partial charge in [0.2, 0.25) is 7.14 Å². The van der Waals surface area contributed by atoms with Crippen molar-refractivity contribution in [3.05, 3.63) is 55.2 Å². The van der Waals surface area contributed by atoms with Crippen molar-refractivity contribution >= 4 is 0 Å². The van der Waals surface area contributed by atoms with Gasteiger partial charge in [0.15, 0.2) is 11.6 Å². The Morgan fingerprint density at radius 1 is 0.800 bits per heavy atom. The second kappa shape index (κ2) is 3.27. The predicted molar refractivity (Wildman–Crippen MR) is 49.2 cm³/mol. The Hall–Kier alpha value is -0.970. The number of hydrogen-bond donors (Lipinski definition) is 0. The molecule has 0 N–H and O–H groups in total. The van der Waals surface area contributed by atoms with Crippen molar-refractivity contribution in [3.63, 3.8) is 0 Å². The van der Waals surface area contributed by atoms with E-state index < -0.39 is 11.6 Å². The first-order chi connectivity index (χ1) is 7.25. The molecule has 74 valence electrons. The topological polar surface area (TPSA) is 0 Å². The Morgan fingerprint density at radius 3 is 2.40 bits per heavy atom. The third kappa shape index (κ3) is 1.37. The van der Waals surface area contributed by atoms with E-state index in [0.29, 0.717) is 0 Å². The summed E-state index contributed by atoms with van der Waals surface area (Å²) < 4.78 is 28.4. The van der Waals surface area contributed by atoms with Crippen LogP contribution in [-0.2, 0) is 0 Å². The van der Waals surface area contributed by atoms with Gasteiger partial charge in [0.1, 0.15) is 0 Å². The molecule has 0 nitrogen and oxygen atoms in total. The smallest absolute Gasteiger partial charge is 0.204 e. The van der Waals surface area contributed by atoms with Crippen LogP contribution in [0.2, 0.25) is 0 Å². The van der Waals surface area contributed by atoms with Crippen molar-refractivity contribution in [2.75, 3.05) is 0 Å². The normalized spacial score (nSPS) is 12.4. The number of benzene rings is 2. The third-order valence-electron chi connectivity index (χ3n) is 2.38. The van der Waals surface area contributed by atoms with Gasteiger partial charge in [-0.3, -0.25) is 0 Å². The van der Waals surface area contributed by atoms with E-state index in [1.54, 1.807) is 0 Å². The molecule has 3 rings (SSSR count). The second-order valence-electron chi connectivity index (χ2n) is 3.32. The molecule has 0 radical (unpaired) electrons. The number of halogens is 3. The lowest BCUT2D eigenvalue weighted by Gasteiger charge is -1.95. The van der Waals surface area contributed by atoms with Gasteiger partial charge in [-0.05, 0) is 18.2 Å². The van der Waals surface area contributed by atoms with Gasteiger partial charge in [-0.25, -0.2) is 8.78 Å². The van der Waals surface area contributed by atoms with Crippen LogP contribution in [0.3, 0.4) is 0 Å². The minimum atomic E-state index is -0.755. The Morgan fingerprint density at radius 2 is 1.53 bits per heavy atom. The molecule has 1 heterocycles. The molecule has 0 aromatic heterocycles. The van der Waals surface area contributed by atoms with Crippen molar-refractivity contribution in [2.24, 2.45) is 0 Å². The van der Waals surface area contributed by atoms with Gasteiger partial charge in [0, 0.05) is 17.2 Å². The summed E-state index contributed by atoms with van der Waals surface area (Å²) in [5.74, 6) is -1.49. The fourth-order valence-electron chi connectivity index (χ4n) is 1.68. The van der Waals surface area contributed by atoms with Crippen LogP contribution in [0.5, 0.6) is 0 Å². The lowest BCUT2D eigenvalue weighted by Crippen LogP contribution is -3.61. The summed E-state index contributed by atoms with van der Waals surface area (Å²) in [6.45, 7) is 0. The lowest BCUT2D eigenvalue weighted by molar-refractivity contribution is -0.590. The first-order valence-corrected chi connectivity index (χ1v) is 6.65. The maximum Gasteiger partial charge on any atom is 0.359 e. The highest BCUT2D eigenvalue weighted by molar-refractivity contribution is 5.64. The van der Waals surface area contributed by atoms with Gasteiger partial charge in [-0.15, -0.1) is 0 Å². The fraction of sp³-hybridized carbons (Fsp3) is 0. The Bertz CT molecular complexity index is 549. The molecule has 2 aromatic rings. The maximum absolute atomic E-state index is 13.1. The second-order valence-corrected chi connectivity index (χ2v) is 6.18. The molecule has 1 aliphatic heterocycles. The molecule has 0 aliphatic carbocycles. The molecule has 2 aromatic carbocycles. The summed E-state index contributed by atoms with van der Waals surface area (Å²) >= 11 is -0.333. The molecule has 0 fully saturated rings. The van der Waals surface area contributed by atoms with Crippen LogP contribution in [0.15, 0.2) is 36.4 Å². The van der Waals surface area contributed by atoms with Crippen LogP contribution in [0.1, 0.15) is 0 Å². The fourth-order valence-corrected chi connectivity index (χ4v) is 4.62. The molecule has 15 heavy (non-hydrogen) atoms. The Balaban J connectivity index is 2.29. The monoisotopic (exact) mass is 315 g/mol. The van der Waals surface area contributed by atoms with Crippen LogP contribution in [0.4, 0.5) is 8.78 Å². The average molecular weight is 315 g/mol. The van der Waals surface area contributed by atoms with E-state index in [1.807, 2.05) is 24.3 Å². The summed E-state index contributed by atoms with van der Waals surface area (Å²) in [5, 5.41) is 0. The zero-order chi connectivity index (χ0) is 10.4. The van der Waals surface area contributed by atoms with Gasteiger partial charge in [-0.2, -0.15) is 0 Å². The standard InChI is InChI=1S/C12H6F2I/c13-9-5-8-7-3-1-2-4-11(7)15-12(8)6-10(9)14/h1-6H/q+1. The van der Waals surface area contributed by atoms with E-state index in [1.165, 1.54) is 15.7 Å². The van der Waals surface area contributed by atoms with E-state index in [2.05, 4.69) is 0 Å². The minimum Gasteiger partial charge on any atom is -0.204 e. The molecule has 0 spiro atoms. The van der Waals surface area contributed by atoms with Crippen LogP contribution in [0.25, 0.3) is 11.1 Å².